The molecule has 1 fully saturated rings. The minimum absolute atomic E-state index is 0.143. The molecule has 0 radical (unpaired) electrons. The number of hydrogen-bond acceptors (Lipinski definition) is 5. The molecule has 0 amide bonds. The molecule has 6 heteroatoms. The van der Waals surface area contributed by atoms with Gasteiger partial charge in [-0.15, -0.1) is 0 Å². The standard InChI is InChI=1S/C28H20BrN3O2/c1-34-22-12-9-19(10-13-22)27(33)26-25(20-6-4-7-21(29)15-20)28(16-30,17-31)24-14-11-18-5-2-3-8-23(18)32(24)26/h2-15,24-26H,1H3/t24-,25-,26+/m1/s1. The molecule has 3 atom stereocenters. The fourth-order valence-electron chi connectivity index (χ4n) is 5.23. The van der Waals surface area contributed by atoms with Crippen LogP contribution in [-0.2, 0) is 0 Å². The second kappa shape index (κ2) is 8.48. The first-order valence-corrected chi connectivity index (χ1v) is 11.6. The molecular formula is C28H20BrN3O2. The molecule has 34 heavy (non-hydrogen) atoms. The molecule has 2 aliphatic rings. The zero-order valence-corrected chi connectivity index (χ0v) is 19.9. The van der Waals surface area contributed by atoms with Gasteiger partial charge in [0.1, 0.15) is 11.8 Å². The van der Waals surface area contributed by atoms with Gasteiger partial charge in [0.2, 0.25) is 0 Å². The smallest absolute Gasteiger partial charge is 0.185 e. The molecule has 0 aromatic heterocycles. The number of nitrogens with zero attached hydrogens (tertiary/aromatic N) is 3. The Morgan fingerprint density at radius 2 is 1.76 bits per heavy atom. The first kappa shape index (κ1) is 21.9. The molecule has 5 rings (SSSR count). The molecule has 1 saturated heterocycles. The van der Waals surface area contributed by atoms with E-state index in [1.807, 2.05) is 65.6 Å². The first-order chi connectivity index (χ1) is 16.5. The number of ketones is 1. The number of fused-ring (bicyclic) bond motifs is 3. The van der Waals surface area contributed by atoms with Gasteiger partial charge in [-0.3, -0.25) is 4.79 Å². The summed E-state index contributed by atoms with van der Waals surface area (Å²) in [5, 5.41) is 20.9. The third-order valence-electron chi connectivity index (χ3n) is 6.77. The van der Waals surface area contributed by atoms with Gasteiger partial charge in [-0.1, -0.05) is 58.4 Å². The lowest BCUT2D eigenvalue weighted by Crippen LogP contribution is -2.44. The summed E-state index contributed by atoms with van der Waals surface area (Å²) in [6.07, 6.45) is 3.83. The summed E-state index contributed by atoms with van der Waals surface area (Å²) in [5.41, 5.74) is 1.60. The number of methoxy groups -OCH3 is 1. The van der Waals surface area contributed by atoms with Gasteiger partial charge >= 0.3 is 0 Å². The van der Waals surface area contributed by atoms with Crippen LogP contribution in [-0.4, -0.2) is 25.0 Å². The number of nitriles is 2. The Morgan fingerprint density at radius 1 is 1.03 bits per heavy atom. The summed E-state index contributed by atoms with van der Waals surface area (Å²) in [7, 11) is 1.58. The van der Waals surface area contributed by atoms with Crippen LogP contribution in [0.1, 0.15) is 27.4 Å². The van der Waals surface area contributed by atoms with Crippen LogP contribution in [0.5, 0.6) is 5.75 Å². The molecule has 0 spiro atoms. The van der Waals surface area contributed by atoms with Crippen molar-refractivity contribution in [2.45, 2.75) is 18.0 Å². The van der Waals surface area contributed by atoms with Crippen LogP contribution in [0.15, 0.2) is 83.3 Å². The first-order valence-electron chi connectivity index (χ1n) is 10.9. The Balaban J connectivity index is 1.76. The van der Waals surface area contributed by atoms with Crippen LogP contribution < -0.4 is 9.64 Å². The number of carbonyl (C=O) groups is 1. The number of carbonyl (C=O) groups excluding carboxylic acids is 1. The monoisotopic (exact) mass is 509 g/mol. The zero-order chi connectivity index (χ0) is 23.9. The summed E-state index contributed by atoms with van der Waals surface area (Å²) in [6.45, 7) is 0. The van der Waals surface area contributed by atoms with Crippen molar-refractivity contribution in [1.82, 2.24) is 0 Å². The second-order valence-corrected chi connectivity index (χ2v) is 9.35. The lowest BCUT2D eigenvalue weighted by Gasteiger charge is -2.35. The molecule has 5 nitrogen and oxygen atoms in total. The third kappa shape index (κ3) is 3.22. The maximum Gasteiger partial charge on any atom is 0.185 e. The molecule has 0 saturated carbocycles. The van der Waals surface area contributed by atoms with Crippen molar-refractivity contribution < 1.29 is 9.53 Å². The number of rotatable bonds is 4. The Hall–Kier alpha value is -3.87. The molecule has 0 N–H and O–H groups in total. The maximum atomic E-state index is 14.2. The Kier molecular flexibility index (Phi) is 5.48. The van der Waals surface area contributed by atoms with Crippen LogP contribution in [0.25, 0.3) is 6.08 Å². The largest absolute Gasteiger partial charge is 0.497 e. The van der Waals surface area contributed by atoms with Crippen molar-refractivity contribution >= 4 is 33.5 Å². The van der Waals surface area contributed by atoms with Crippen molar-refractivity contribution in [2.24, 2.45) is 5.41 Å². The van der Waals surface area contributed by atoms with Crippen LogP contribution in [0.4, 0.5) is 5.69 Å². The van der Waals surface area contributed by atoms with Gasteiger partial charge in [0.25, 0.3) is 0 Å². The average Bonchev–Trinajstić information content (AvgIpc) is 3.19. The number of Topliss-reactive ketones (excluding diaryl/α,β-unsaturated/α-hetero) is 1. The molecule has 0 aliphatic carbocycles. The van der Waals surface area contributed by atoms with Crippen molar-refractivity contribution in [1.29, 1.82) is 10.5 Å². The van der Waals surface area contributed by atoms with Gasteiger partial charge in [0, 0.05) is 21.6 Å². The summed E-state index contributed by atoms with van der Waals surface area (Å²) >= 11 is 3.52. The third-order valence-corrected chi connectivity index (χ3v) is 7.26. The maximum absolute atomic E-state index is 14.2. The van der Waals surface area contributed by atoms with Crippen molar-refractivity contribution in [3.05, 3.63) is 100 Å². The fraction of sp³-hybridized carbons (Fsp3) is 0.179. The van der Waals surface area contributed by atoms with Crippen LogP contribution >= 0.6 is 15.9 Å². The van der Waals surface area contributed by atoms with E-state index in [9.17, 15) is 15.3 Å². The molecule has 0 bridgehead atoms. The predicted octanol–water partition coefficient (Wildman–Crippen LogP) is 5.74. The van der Waals surface area contributed by atoms with E-state index in [4.69, 9.17) is 4.74 Å². The summed E-state index contributed by atoms with van der Waals surface area (Å²) < 4.78 is 6.08. The van der Waals surface area contributed by atoms with Crippen LogP contribution in [0.2, 0.25) is 0 Å². The van der Waals surface area contributed by atoms with Gasteiger partial charge in [-0.25, -0.2) is 0 Å². The number of hydrogen-bond donors (Lipinski definition) is 0. The highest BCUT2D eigenvalue weighted by molar-refractivity contribution is 9.10. The van der Waals surface area contributed by atoms with Crippen LogP contribution in [0.3, 0.4) is 0 Å². The van der Waals surface area contributed by atoms with Gasteiger partial charge < -0.3 is 9.64 Å². The van der Waals surface area contributed by atoms with E-state index >= 15 is 0 Å². The minimum Gasteiger partial charge on any atom is -0.497 e. The number of ether oxygens (including phenoxy) is 1. The highest BCUT2D eigenvalue weighted by Gasteiger charge is 2.63. The Morgan fingerprint density at radius 3 is 2.44 bits per heavy atom. The van der Waals surface area contributed by atoms with E-state index in [0.717, 1.165) is 21.3 Å². The summed E-state index contributed by atoms with van der Waals surface area (Å²) in [6, 6.07) is 25.6. The lowest BCUT2D eigenvalue weighted by atomic mass is 9.69. The van der Waals surface area contributed by atoms with E-state index in [2.05, 4.69) is 28.1 Å². The SMILES string of the molecule is COc1ccc(C(=O)[C@@H]2[C@@H](c3cccc(Br)c3)C(C#N)(C#N)[C@H]3C=Cc4ccccc4N23)cc1. The topological polar surface area (TPSA) is 77.1 Å². The highest BCUT2D eigenvalue weighted by atomic mass is 79.9. The van der Waals surface area contributed by atoms with Gasteiger partial charge in [-0.05, 0) is 53.6 Å². The summed E-state index contributed by atoms with van der Waals surface area (Å²) in [4.78, 5) is 16.1. The predicted molar refractivity (Wildman–Crippen MR) is 133 cm³/mol. The van der Waals surface area contributed by atoms with E-state index in [1.54, 1.807) is 31.4 Å². The molecule has 3 aromatic carbocycles. The fourth-order valence-corrected chi connectivity index (χ4v) is 5.65. The average molecular weight is 510 g/mol. The number of benzene rings is 3. The van der Waals surface area contributed by atoms with Crippen molar-refractivity contribution in [3.8, 4) is 17.9 Å². The van der Waals surface area contributed by atoms with E-state index in [0.29, 0.717) is 11.3 Å². The number of halogens is 1. The molecule has 2 heterocycles. The minimum atomic E-state index is -1.46. The number of anilines is 1. The van der Waals surface area contributed by atoms with E-state index in [1.165, 1.54) is 0 Å². The van der Waals surface area contributed by atoms with E-state index < -0.39 is 23.4 Å². The molecule has 3 aromatic rings. The van der Waals surface area contributed by atoms with Crippen molar-refractivity contribution in [3.63, 3.8) is 0 Å². The second-order valence-electron chi connectivity index (χ2n) is 8.43. The van der Waals surface area contributed by atoms with Crippen molar-refractivity contribution in [2.75, 3.05) is 12.0 Å². The normalized spacial score (nSPS) is 21.6. The number of para-hydroxylation sites is 1. The van der Waals surface area contributed by atoms with E-state index in [-0.39, 0.29) is 5.78 Å². The van der Waals surface area contributed by atoms with Gasteiger partial charge in [-0.2, -0.15) is 10.5 Å². The molecular weight excluding hydrogens is 490 g/mol. The zero-order valence-electron chi connectivity index (χ0n) is 18.4. The van der Waals surface area contributed by atoms with Gasteiger partial charge in [0.05, 0.1) is 25.3 Å². The molecule has 2 aliphatic heterocycles. The molecule has 0 unspecified atom stereocenters. The lowest BCUT2D eigenvalue weighted by molar-refractivity contribution is 0.0951. The quantitative estimate of drug-likeness (QED) is 0.419. The van der Waals surface area contributed by atoms with Gasteiger partial charge in [0.15, 0.2) is 11.2 Å². The Labute approximate surface area is 206 Å². The van der Waals surface area contributed by atoms with Crippen LogP contribution in [0, 0.1) is 28.1 Å². The Bertz CT molecular complexity index is 1370. The summed E-state index contributed by atoms with van der Waals surface area (Å²) in [5.74, 6) is -0.162. The molecule has 166 valence electrons. The highest BCUT2D eigenvalue weighted by Crippen LogP contribution is 2.55.